The van der Waals surface area contributed by atoms with Gasteiger partial charge in [0.25, 0.3) is 5.69 Å². The van der Waals surface area contributed by atoms with Gasteiger partial charge in [-0.05, 0) is 32.4 Å². The minimum Gasteiger partial charge on any atom is -0.369 e. The summed E-state index contributed by atoms with van der Waals surface area (Å²) in [5, 5.41) is 14.0. The molecule has 1 aliphatic heterocycles. The number of nitrogens with zero attached hydrogens (tertiary/aromatic N) is 3. The molecule has 8 heteroatoms. The lowest BCUT2D eigenvalue weighted by Gasteiger charge is -2.29. The molecule has 0 amide bonds. The third-order valence-electron chi connectivity index (χ3n) is 3.46. The van der Waals surface area contributed by atoms with Crippen molar-refractivity contribution in [3.05, 3.63) is 22.2 Å². The molecule has 8 nitrogen and oxygen atoms in total. The van der Waals surface area contributed by atoms with Crippen LogP contribution in [-0.4, -0.2) is 41.5 Å². The minimum atomic E-state index is -0.456. The number of nitro groups is 1. The maximum absolute atomic E-state index is 10.8. The predicted molar refractivity (Wildman–Crippen MR) is 77.4 cm³/mol. The number of anilines is 2. The molecule has 20 heavy (non-hydrogen) atoms. The smallest absolute Gasteiger partial charge is 0.276 e. The Morgan fingerprint density at radius 2 is 2.30 bits per heavy atom. The highest BCUT2D eigenvalue weighted by Crippen LogP contribution is 2.21. The first kappa shape index (κ1) is 14.5. The largest absolute Gasteiger partial charge is 0.369 e. The van der Waals surface area contributed by atoms with Gasteiger partial charge in [-0.25, -0.2) is 10.8 Å². The lowest BCUT2D eigenvalue weighted by molar-refractivity contribution is -0.384. The van der Waals surface area contributed by atoms with Gasteiger partial charge in [-0.1, -0.05) is 0 Å². The molecule has 1 fully saturated rings. The molecule has 1 aliphatic rings. The molecular formula is C12H20N6O2. The number of nitrogens with two attached hydrogens (primary N) is 1. The normalized spacial score (nSPS) is 19.6. The molecule has 0 radical (unpaired) electrons. The van der Waals surface area contributed by atoms with Crippen LogP contribution in [0.15, 0.2) is 12.1 Å². The fraction of sp³-hybridized carbons (Fsp3) is 0.583. The Hall–Kier alpha value is -1.93. The molecule has 0 aromatic carbocycles. The Bertz CT molecular complexity index is 481. The number of likely N-dealkylation sites (tertiary alicyclic amines) is 1. The van der Waals surface area contributed by atoms with Gasteiger partial charge in [-0.2, -0.15) is 0 Å². The van der Waals surface area contributed by atoms with Crippen LogP contribution in [0, 0.1) is 16.0 Å². The Labute approximate surface area is 117 Å². The van der Waals surface area contributed by atoms with Gasteiger partial charge in [0.05, 0.1) is 17.1 Å². The molecule has 2 heterocycles. The Balaban J connectivity index is 2.01. The van der Waals surface area contributed by atoms with E-state index in [4.69, 9.17) is 5.84 Å². The van der Waals surface area contributed by atoms with Crippen LogP contribution in [0.3, 0.4) is 0 Å². The SMILES string of the molecule is CN1CCCC(CNc2cc([N+](=O)[O-])cc(NN)n2)C1. The molecule has 0 aliphatic carbocycles. The lowest BCUT2D eigenvalue weighted by Crippen LogP contribution is -2.35. The van der Waals surface area contributed by atoms with Crippen molar-refractivity contribution in [1.29, 1.82) is 0 Å². The lowest BCUT2D eigenvalue weighted by atomic mass is 9.98. The zero-order chi connectivity index (χ0) is 14.5. The highest BCUT2D eigenvalue weighted by atomic mass is 16.6. The molecule has 1 aromatic heterocycles. The van der Waals surface area contributed by atoms with Gasteiger partial charge in [0.2, 0.25) is 0 Å². The highest BCUT2D eigenvalue weighted by molar-refractivity contribution is 5.54. The summed E-state index contributed by atoms with van der Waals surface area (Å²) in [6.45, 7) is 2.92. The number of hydrogen-bond donors (Lipinski definition) is 3. The van der Waals surface area contributed by atoms with Crippen LogP contribution in [0.2, 0.25) is 0 Å². The molecule has 0 bridgehead atoms. The second-order valence-electron chi connectivity index (χ2n) is 5.15. The molecule has 1 aromatic rings. The summed E-state index contributed by atoms with van der Waals surface area (Å²) in [5.74, 6) is 6.56. The van der Waals surface area contributed by atoms with Crippen molar-refractivity contribution < 1.29 is 4.92 Å². The summed E-state index contributed by atoms with van der Waals surface area (Å²) in [4.78, 5) is 16.9. The van der Waals surface area contributed by atoms with Crippen LogP contribution < -0.4 is 16.6 Å². The van der Waals surface area contributed by atoms with Crippen LogP contribution in [-0.2, 0) is 0 Å². The number of rotatable bonds is 5. The van der Waals surface area contributed by atoms with Crippen LogP contribution in [0.25, 0.3) is 0 Å². The predicted octanol–water partition coefficient (Wildman–Crippen LogP) is 1.03. The van der Waals surface area contributed by atoms with Crippen LogP contribution >= 0.6 is 0 Å². The van der Waals surface area contributed by atoms with Crippen molar-refractivity contribution in [2.45, 2.75) is 12.8 Å². The van der Waals surface area contributed by atoms with Gasteiger partial charge in [0.1, 0.15) is 11.6 Å². The van der Waals surface area contributed by atoms with Gasteiger partial charge >= 0.3 is 0 Å². The van der Waals surface area contributed by atoms with Crippen molar-refractivity contribution in [1.82, 2.24) is 9.88 Å². The Morgan fingerprint density at radius 3 is 2.95 bits per heavy atom. The average Bonchev–Trinajstić information content (AvgIpc) is 2.45. The topological polar surface area (TPSA) is 109 Å². The molecule has 110 valence electrons. The van der Waals surface area contributed by atoms with E-state index in [0.717, 1.165) is 26.1 Å². The summed E-state index contributed by atoms with van der Waals surface area (Å²) in [5.41, 5.74) is 2.31. The molecule has 1 unspecified atom stereocenters. The summed E-state index contributed by atoms with van der Waals surface area (Å²) < 4.78 is 0. The molecule has 1 atom stereocenters. The quantitative estimate of drug-likeness (QED) is 0.420. The van der Waals surface area contributed by atoms with E-state index >= 15 is 0 Å². The highest BCUT2D eigenvalue weighted by Gasteiger charge is 2.17. The Morgan fingerprint density at radius 1 is 1.55 bits per heavy atom. The molecule has 2 rings (SSSR count). The number of hydrogen-bond acceptors (Lipinski definition) is 7. The zero-order valence-electron chi connectivity index (χ0n) is 11.5. The molecule has 1 saturated heterocycles. The third kappa shape index (κ3) is 3.78. The number of piperidine rings is 1. The van der Waals surface area contributed by atoms with Gasteiger partial charge in [0.15, 0.2) is 0 Å². The Kier molecular flexibility index (Phi) is 4.70. The van der Waals surface area contributed by atoms with Gasteiger partial charge in [0, 0.05) is 13.1 Å². The van der Waals surface area contributed by atoms with E-state index in [-0.39, 0.29) is 11.5 Å². The maximum atomic E-state index is 10.8. The monoisotopic (exact) mass is 280 g/mol. The zero-order valence-corrected chi connectivity index (χ0v) is 11.5. The van der Waals surface area contributed by atoms with Crippen LogP contribution in [0.4, 0.5) is 17.3 Å². The van der Waals surface area contributed by atoms with E-state index in [1.54, 1.807) is 0 Å². The summed E-state index contributed by atoms with van der Waals surface area (Å²) in [6, 6.07) is 2.73. The first-order valence-corrected chi connectivity index (χ1v) is 6.64. The molecule has 0 saturated carbocycles. The fourth-order valence-electron chi connectivity index (χ4n) is 2.47. The first-order chi connectivity index (χ1) is 9.58. The second-order valence-corrected chi connectivity index (χ2v) is 5.15. The van der Waals surface area contributed by atoms with Crippen molar-refractivity contribution in [2.75, 3.05) is 37.4 Å². The number of nitrogen functional groups attached to an aromatic ring is 1. The first-order valence-electron chi connectivity index (χ1n) is 6.64. The van der Waals surface area contributed by atoms with E-state index in [0.29, 0.717) is 11.7 Å². The van der Waals surface area contributed by atoms with E-state index in [9.17, 15) is 10.1 Å². The third-order valence-corrected chi connectivity index (χ3v) is 3.46. The van der Waals surface area contributed by atoms with E-state index in [2.05, 4.69) is 27.7 Å². The summed E-state index contributed by atoms with van der Waals surface area (Å²) in [7, 11) is 2.11. The second kappa shape index (κ2) is 6.49. The standard InChI is InChI=1S/C12H20N6O2/c1-17-4-2-3-9(8-17)7-14-11-5-10(18(19)20)6-12(15-11)16-13/h5-6,9H,2-4,7-8,13H2,1H3,(H2,14,15,16). The molecule has 4 N–H and O–H groups in total. The minimum absolute atomic E-state index is 0.0313. The summed E-state index contributed by atoms with van der Waals surface area (Å²) in [6.07, 6.45) is 2.34. The molecular weight excluding hydrogens is 260 g/mol. The molecule has 0 spiro atoms. The average molecular weight is 280 g/mol. The van der Waals surface area contributed by atoms with Gasteiger partial charge in [-0.15, -0.1) is 0 Å². The van der Waals surface area contributed by atoms with Crippen molar-refractivity contribution in [3.8, 4) is 0 Å². The van der Waals surface area contributed by atoms with Crippen LogP contribution in [0.5, 0.6) is 0 Å². The van der Waals surface area contributed by atoms with Crippen LogP contribution in [0.1, 0.15) is 12.8 Å². The number of aromatic nitrogens is 1. The van der Waals surface area contributed by atoms with Crippen molar-refractivity contribution in [2.24, 2.45) is 11.8 Å². The van der Waals surface area contributed by atoms with E-state index in [1.807, 2.05) is 0 Å². The van der Waals surface area contributed by atoms with Gasteiger partial charge in [-0.3, -0.25) is 10.1 Å². The van der Waals surface area contributed by atoms with E-state index in [1.165, 1.54) is 18.6 Å². The maximum Gasteiger partial charge on any atom is 0.276 e. The van der Waals surface area contributed by atoms with Crippen molar-refractivity contribution >= 4 is 17.3 Å². The summed E-state index contributed by atoms with van der Waals surface area (Å²) >= 11 is 0. The number of hydrazine groups is 1. The van der Waals surface area contributed by atoms with E-state index < -0.39 is 4.92 Å². The number of nitrogens with one attached hydrogen (secondary N) is 2. The van der Waals surface area contributed by atoms with Gasteiger partial charge < -0.3 is 15.6 Å². The van der Waals surface area contributed by atoms with Crippen molar-refractivity contribution in [3.63, 3.8) is 0 Å². The number of pyridine rings is 1. The fourth-order valence-corrected chi connectivity index (χ4v) is 2.47.